The van der Waals surface area contributed by atoms with Crippen molar-refractivity contribution < 1.29 is 31.1 Å². The van der Waals surface area contributed by atoms with Gasteiger partial charge >= 0.3 is 6.18 Å². The molecule has 1 aliphatic heterocycles. The van der Waals surface area contributed by atoms with Crippen LogP contribution in [-0.2, 0) is 21.8 Å². The van der Waals surface area contributed by atoms with E-state index in [1.54, 1.807) is 0 Å². The van der Waals surface area contributed by atoms with Crippen LogP contribution in [0.3, 0.4) is 0 Å². The van der Waals surface area contributed by atoms with E-state index >= 15 is 0 Å². The average Bonchev–Trinajstić information content (AvgIpc) is 2.51. The van der Waals surface area contributed by atoms with Crippen LogP contribution in [0.5, 0.6) is 0 Å². The first-order valence-electron chi connectivity index (χ1n) is 7.05. The smallest absolute Gasteiger partial charge is 0.382 e. The van der Waals surface area contributed by atoms with Crippen molar-refractivity contribution in [3.8, 4) is 0 Å². The summed E-state index contributed by atoms with van der Waals surface area (Å²) >= 11 is 0. The molecule has 1 fully saturated rings. The second kappa shape index (κ2) is 5.75. The molecule has 0 unspecified atom stereocenters. The van der Waals surface area contributed by atoms with Gasteiger partial charge < -0.3 is 5.11 Å². The molecule has 0 atom stereocenters. The lowest BCUT2D eigenvalue weighted by atomic mass is 9.88. The van der Waals surface area contributed by atoms with Crippen molar-refractivity contribution in [3.63, 3.8) is 0 Å². The number of aromatic nitrogens is 1. The van der Waals surface area contributed by atoms with Gasteiger partial charge in [-0.2, -0.15) is 17.5 Å². The van der Waals surface area contributed by atoms with Crippen molar-refractivity contribution in [2.24, 2.45) is 0 Å². The zero-order valence-corrected chi connectivity index (χ0v) is 13.4. The second-order valence-electron chi connectivity index (χ2n) is 5.63. The first kappa shape index (κ1) is 17.8. The summed E-state index contributed by atoms with van der Waals surface area (Å²) in [7, 11) is -4.54. The molecule has 0 bridgehead atoms. The number of sulfonamides is 1. The monoisotopic (exact) mass is 376 g/mol. The lowest BCUT2D eigenvalue weighted by Gasteiger charge is -2.45. The third-order valence-electron chi connectivity index (χ3n) is 3.91. The van der Waals surface area contributed by atoms with Gasteiger partial charge in [-0.3, -0.25) is 4.98 Å². The van der Waals surface area contributed by atoms with Crippen molar-refractivity contribution in [2.75, 3.05) is 13.1 Å². The molecule has 2 heterocycles. The molecule has 25 heavy (non-hydrogen) atoms. The Morgan fingerprint density at radius 3 is 2.36 bits per heavy atom. The molecule has 10 heteroatoms. The van der Waals surface area contributed by atoms with Crippen LogP contribution in [0.25, 0.3) is 0 Å². The van der Waals surface area contributed by atoms with Crippen molar-refractivity contribution in [2.45, 2.75) is 16.7 Å². The maximum absolute atomic E-state index is 13.8. The minimum absolute atomic E-state index is 0.108. The van der Waals surface area contributed by atoms with E-state index in [0.717, 1.165) is 24.4 Å². The number of hydrogen-bond donors (Lipinski definition) is 1. The Labute approximate surface area is 140 Å². The van der Waals surface area contributed by atoms with E-state index in [1.807, 2.05) is 0 Å². The van der Waals surface area contributed by atoms with E-state index in [1.165, 1.54) is 18.2 Å². The summed E-state index contributed by atoms with van der Waals surface area (Å²) in [6.45, 7) is -1.11. The fraction of sp³-hybridized carbons (Fsp3) is 0.267. The van der Waals surface area contributed by atoms with Crippen LogP contribution >= 0.6 is 0 Å². The predicted octanol–water partition coefficient (Wildman–Crippen LogP) is 2.13. The van der Waals surface area contributed by atoms with E-state index in [4.69, 9.17) is 0 Å². The predicted molar refractivity (Wildman–Crippen MR) is 78.3 cm³/mol. The Kier molecular flexibility index (Phi) is 4.09. The molecule has 1 N–H and O–H groups in total. The summed E-state index contributed by atoms with van der Waals surface area (Å²) in [6.07, 6.45) is -4.11. The highest BCUT2D eigenvalue weighted by molar-refractivity contribution is 7.89. The molecule has 1 aromatic heterocycles. The summed E-state index contributed by atoms with van der Waals surface area (Å²) in [5.74, 6) is -0.723. The fourth-order valence-electron chi connectivity index (χ4n) is 2.67. The van der Waals surface area contributed by atoms with Gasteiger partial charge in [0.05, 0.1) is 0 Å². The minimum Gasteiger partial charge on any atom is -0.382 e. The molecule has 1 aromatic carbocycles. The summed E-state index contributed by atoms with van der Waals surface area (Å²) in [4.78, 5) is 2.11. The summed E-state index contributed by atoms with van der Waals surface area (Å²) in [6, 6.07) is 7.14. The molecule has 1 aliphatic rings. The lowest BCUT2D eigenvalue weighted by molar-refractivity contribution is -0.143. The van der Waals surface area contributed by atoms with Crippen molar-refractivity contribution in [3.05, 3.63) is 59.7 Å². The van der Waals surface area contributed by atoms with Crippen molar-refractivity contribution in [1.29, 1.82) is 0 Å². The number of alkyl halides is 3. The minimum atomic E-state index is -4.95. The molecule has 5 nitrogen and oxygen atoms in total. The number of halogens is 4. The highest BCUT2D eigenvalue weighted by Gasteiger charge is 2.51. The maximum atomic E-state index is 13.8. The van der Waals surface area contributed by atoms with Crippen LogP contribution in [0.1, 0.15) is 11.3 Å². The fourth-order valence-corrected chi connectivity index (χ4v) is 4.38. The number of aliphatic hydroxyl groups is 1. The van der Waals surface area contributed by atoms with E-state index in [2.05, 4.69) is 4.98 Å². The summed E-state index contributed by atoms with van der Waals surface area (Å²) < 4.78 is 78.3. The number of pyridine rings is 1. The normalized spacial score (nSPS) is 18.0. The van der Waals surface area contributed by atoms with Crippen molar-refractivity contribution in [1.82, 2.24) is 9.29 Å². The number of hydrogen-bond acceptors (Lipinski definition) is 4. The van der Waals surface area contributed by atoms with E-state index in [9.17, 15) is 31.1 Å². The van der Waals surface area contributed by atoms with Crippen LogP contribution in [0.15, 0.2) is 47.5 Å². The summed E-state index contributed by atoms with van der Waals surface area (Å²) in [5.41, 5.74) is -3.43. The Balaban J connectivity index is 1.92. The van der Waals surface area contributed by atoms with Gasteiger partial charge in [-0.05, 0) is 18.2 Å². The van der Waals surface area contributed by atoms with Gasteiger partial charge in [0.2, 0.25) is 10.0 Å². The van der Waals surface area contributed by atoms with Crippen LogP contribution < -0.4 is 0 Å². The van der Waals surface area contributed by atoms with E-state index in [0.29, 0.717) is 4.31 Å². The van der Waals surface area contributed by atoms with Gasteiger partial charge in [-0.1, -0.05) is 18.2 Å². The van der Waals surface area contributed by atoms with Gasteiger partial charge in [-0.15, -0.1) is 0 Å². The number of benzene rings is 1. The Morgan fingerprint density at radius 1 is 1.12 bits per heavy atom. The molecule has 3 rings (SSSR count). The molecule has 0 radical (unpaired) electrons. The third-order valence-corrected chi connectivity index (χ3v) is 5.73. The Bertz CT molecular complexity index is 909. The van der Waals surface area contributed by atoms with Gasteiger partial charge in [-0.25, -0.2) is 12.8 Å². The standard InChI is InChI=1S/C15H12F4N2O3S/c16-11-5-2-1-4-10(11)14(22)8-21(9-14)25(23,24)12-6-3-7-20-13(12)15(17,18)19/h1-7,22H,8-9H2. The molecule has 0 saturated carbocycles. The molecular weight excluding hydrogens is 364 g/mol. The maximum Gasteiger partial charge on any atom is 0.434 e. The van der Waals surface area contributed by atoms with Crippen LogP contribution in [-0.4, -0.2) is 35.9 Å². The van der Waals surface area contributed by atoms with Crippen molar-refractivity contribution >= 4 is 10.0 Å². The van der Waals surface area contributed by atoms with Gasteiger partial charge in [0, 0.05) is 24.8 Å². The largest absolute Gasteiger partial charge is 0.434 e. The SMILES string of the molecule is O=S(=O)(c1cccnc1C(F)(F)F)N1CC(O)(c2ccccc2F)C1. The van der Waals surface area contributed by atoms with Crippen LogP contribution in [0, 0.1) is 5.82 Å². The highest BCUT2D eigenvalue weighted by Crippen LogP contribution is 2.39. The molecule has 0 amide bonds. The first-order chi connectivity index (χ1) is 11.6. The molecule has 1 saturated heterocycles. The number of nitrogens with zero attached hydrogens (tertiary/aromatic N) is 2. The molecule has 134 valence electrons. The molecule has 0 aliphatic carbocycles. The molecular formula is C15H12F4N2O3S. The molecule has 2 aromatic rings. The quantitative estimate of drug-likeness (QED) is 0.834. The van der Waals surface area contributed by atoms with Crippen LogP contribution in [0.2, 0.25) is 0 Å². The van der Waals surface area contributed by atoms with Gasteiger partial charge in [0.1, 0.15) is 16.3 Å². The highest BCUT2D eigenvalue weighted by atomic mass is 32.2. The van der Waals surface area contributed by atoms with E-state index < -0.39 is 51.3 Å². The van der Waals surface area contributed by atoms with E-state index in [-0.39, 0.29) is 5.56 Å². The summed E-state index contributed by atoms with van der Waals surface area (Å²) in [5, 5.41) is 10.4. The zero-order chi connectivity index (χ0) is 18.5. The lowest BCUT2D eigenvalue weighted by Crippen LogP contribution is -2.61. The Hall–Kier alpha value is -2.04. The topological polar surface area (TPSA) is 70.5 Å². The van der Waals surface area contributed by atoms with Gasteiger partial charge in [0.15, 0.2) is 5.69 Å². The number of β-amino-alcohol motifs (C(OH)–C–C–N with tert-alkyl or cyclic N) is 1. The molecule has 0 spiro atoms. The Morgan fingerprint density at radius 2 is 1.76 bits per heavy atom. The first-order valence-corrected chi connectivity index (χ1v) is 8.49. The van der Waals surface area contributed by atoms with Gasteiger partial charge in [0.25, 0.3) is 0 Å². The zero-order valence-electron chi connectivity index (χ0n) is 12.5. The average molecular weight is 376 g/mol. The van der Waals surface area contributed by atoms with Crippen LogP contribution in [0.4, 0.5) is 17.6 Å². The third kappa shape index (κ3) is 3.00. The number of rotatable bonds is 3. The second-order valence-corrected chi connectivity index (χ2v) is 7.54.